The molecule has 0 atom stereocenters. The minimum atomic E-state index is 1.37. The van der Waals surface area contributed by atoms with Crippen molar-refractivity contribution < 1.29 is 0 Å². The van der Waals surface area contributed by atoms with Gasteiger partial charge in [0.2, 0.25) is 0 Å². The van der Waals surface area contributed by atoms with E-state index in [9.17, 15) is 0 Å². The summed E-state index contributed by atoms with van der Waals surface area (Å²) in [7, 11) is 0. The van der Waals surface area contributed by atoms with Crippen molar-refractivity contribution in [2.24, 2.45) is 0 Å². The second-order valence-corrected chi connectivity index (χ2v) is 7.12. The number of benzene rings is 3. The lowest BCUT2D eigenvalue weighted by Gasteiger charge is -2.00. The van der Waals surface area contributed by atoms with Crippen LogP contribution in [0.2, 0.25) is 0 Å². The Kier molecular flexibility index (Phi) is 8.85. The van der Waals surface area contributed by atoms with Gasteiger partial charge >= 0.3 is 0 Å². The monoisotopic (exact) mass is 346 g/mol. The minimum absolute atomic E-state index is 1.37. The summed E-state index contributed by atoms with van der Waals surface area (Å²) in [6, 6.07) is 21.1. The fourth-order valence-electron chi connectivity index (χ4n) is 2.46. The van der Waals surface area contributed by atoms with Gasteiger partial charge in [0, 0.05) is 0 Å². The van der Waals surface area contributed by atoms with Crippen LogP contribution in [0.1, 0.15) is 44.5 Å². The van der Waals surface area contributed by atoms with Crippen LogP contribution in [0.15, 0.2) is 60.7 Å². The first-order valence-corrected chi connectivity index (χ1v) is 9.32. The van der Waals surface area contributed by atoms with Gasteiger partial charge in [-0.25, -0.2) is 0 Å². The first-order chi connectivity index (χ1) is 12.2. The standard InChI is InChI=1S/2C9H12.C8H10/c2*1-7-5-4-6-8(2)9(7)3;1-7-5-3-4-6-8(7)2/h2*4-6H,1-3H3;3-6H,1-2H3. The highest BCUT2D eigenvalue weighted by molar-refractivity contribution is 5.32. The number of rotatable bonds is 0. The molecule has 3 aromatic rings. The van der Waals surface area contributed by atoms with E-state index in [1.807, 2.05) is 0 Å². The average Bonchev–Trinajstić information content (AvgIpc) is 2.61. The second kappa shape index (κ2) is 10.6. The molecule has 26 heavy (non-hydrogen) atoms. The Morgan fingerprint density at radius 2 is 0.538 bits per heavy atom. The zero-order chi connectivity index (χ0) is 19.7. The lowest BCUT2D eigenvalue weighted by molar-refractivity contribution is 1.27. The molecule has 138 valence electrons. The molecule has 3 aromatic carbocycles. The van der Waals surface area contributed by atoms with E-state index in [-0.39, 0.29) is 0 Å². The first kappa shape index (κ1) is 21.7. The van der Waals surface area contributed by atoms with Crippen LogP contribution in [-0.4, -0.2) is 0 Å². The molecule has 0 heteroatoms. The van der Waals surface area contributed by atoms with Gasteiger partial charge in [0.05, 0.1) is 0 Å². The molecule has 3 rings (SSSR count). The summed E-state index contributed by atoms with van der Waals surface area (Å²) in [6.45, 7) is 17.1. The van der Waals surface area contributed by atoms with E-state index in [4.69, 9.17) is 0 Å². The summed E-state index contributed by atoms with van der Waals surface area (Å²) in [5, 5.41) is 0. The summed E-state index contributed by atoms with van der Waals surface area (Å²) in [5.41, 5.74) is 11.1. The van der Waals surface area contributed by atoms with E-state index in [1.165, 1.54) is 44.5 Å². The van der Waals surface area contributed by atoms with Gasteiger partial charge < -0.3 is 0 Å². The molecule has 0 unspecified atom stereocenters. The SMILES string of the molecule is Cc1cccc(C)c1C.Cc1cccc(C)c1C.Cc1ccccc1C. The van der Waals surface area contributed by atoms with E-state index in [0.29, 0.717) is 0 Å². The molecule has 0 aliphatic rings. The second-order valence-electron chi connectivity index (χ2n) is 7.12. The normalized spacial score (nSPS) is 9.54. The molecule has 0 saturated carbocycles. The van der Waals surface area contributed by atoms with Gasteiger partial charge in [-0.05, 0) is 99.9 Å². The highest BCUT2D eigenvalue weighted by Crippen LogP contribution is 2.10. The molecule has 0 aliphatic carbocycles. The van der Waals surface area contributed by atoms with Gasteiger partial charge in [-0.1, -0.05) is 60.7 Å². The summed E-state index contributed by atoms with van der Waals surface area (Å²) in [6.07, 6.45) is 0. The molecule has 0 N–H and O–H groups in total. The summed E-state index contributed by atoms with van der Waals surface area (Å²) in [5.74, 6) is 0. The van der Waals surface area contributed by atoms with Crippen LogP contribution < -0.4 is 0 Å². The van der Waals surface area contributed by atoms with Crippen molar-refractivity contribution in [1.82, 2.24) is 0 Å². The van der Waals surface area contributed by atoms with Crippen LogP contribution in [0.25, 0.3) is 0 Å². The maximum Gasteiger partial charge on any atom is -0.0392 e. The van der Waals surface area contributed by atoms with Crippen LogP contribution in [0.3, 0.4) is 0 Å². The largest absolute Gasteiger partial charge is 0.0620 e. The Bertz CT molecular complexity index is 714. The van der Waals surface area contributed by atoms with E-state index >= 15 is 0 Å². The van der Waals surface area contributed by atoms with Crippen molar-refractivity contribution in [3.8, 4) is 0 Å². The smallest absolute Gasteiger partial charge is 0.0392 e. The molecule has 0 aromatic heterocycles. The third kappa shape index (κ3) is 6.88. The average molecular weight is 347 g/mol. The molecule has 0 bridgehead atoms. The van der Waals surface area contributed by atoms with Crippen molar-refractivity contribution in [3.05, 3.63) is 105 Å². The first-order valence-electron chi connectivity index (χ1n) is 9.32. The fraction of sp³-hybridized carbons (Fsp3) is 0.308. The Morgan fingerprint density at radius 3 is 0.731 bits per heavy atom. The van der Waals surface area contributed by atoms with Crippen LogP contribution in [0, 0.1) is 55.4 Å². The summed E-state index contributed by atoms with van der Waals surface area (Å²) >= 11 is 0. The predicted molar refractivity (Wildman–Crippen MR) is 117 cm³/mol. The summed E-state index contributed by atoms with van der Waals surface area (Å²) in [4.78, 5) is 0. The number of hydrogen-bond acceptors (Lipinski definition) is 0. The topological polar surface area (TPSA) is 0 Å². The highest BCUT2D eigenvalue weighted by Gasteiger charge is 1.92. The van der Waals surface area contributed by atoms with Gasteiger partial charge in [0.15, 0.2) is 0 Å². The molecule has 0 heterocycles. The lowest BCUT2D eigenvalue weighted by Crippen LogP contribution is -1.82. The fourth-order valence-corrected chi connectivity index (χ4v) is 2.46. The van der Waals surface area contributed by atoms with Crippen LogP contribution in [0.5, 0.6) is 0 Å². The minimum Gasteiger partial charge on any atom is -0.0620 e. The molecule has 0 fully saturated rings. The van der Waals surface area contributed by atoms with Crippen molar-refractivity contribution in [2.75, 3.05) is 0 Å². The Balaban J connectivity index is 0.000000195. The van der Waals surface area contributed by atoms with E-state index < -0.39 is 0 Å². The van der Waals surface area contributed by atoms with Crippen LogP contribution >= 0.6 is 0 Å². The van der Waals surface area contributed by atoms with Gasteiger partial charge in [0.1, 0.15) is 0 Å². The van der Waals surface area contributed by atoms with Crippen LogP contribution in [-0.2, 0) is 0 Å². The predicted octanol–water partition coefficient (Wildman–Crippen LogP) is 7.53. The van der Waals surface area contributed by atoms with Crippen molar-refractivity contribution in [3.63, 3.8) is 0 Å². The third-order valence-corrected chi connectivity index (χ3v) is 5.18. The molecule has 0 spiro atoms. The molecular formula is C26H34. The number of aryl methyl sites for hydroxylation is 6. The molecular weight excluding hydrogens is 312 g/mol. The molecule has 0 amide bonds. The van der Waals surface area contributed by atoms with Crippen LogP contribution in [0.4, 0.5) is 0 Å². The van der Waals surface area contributed by atoms with Gasteiger partial charge in [-0.3, -0.25) is 0 Å². The van der Waals surface area contributed by atoms with Crippen molar-refractivity contribution in [1.29, 1.82) is 0 Å². The van der Waals surface area contributed by atoms with Gasteiger partial charge in [-0.15, -0.1) is 0 Å². The maximum absolute atomic E-state index is 2.16. The Morgan fingerprint density at radius 1 is 0.308 bits per heavy atom. The molecule has 0 aliphatic heterocycles. The summed E-state index contributed by atoms with van der Waals surface area (Å²) < 4.78 is 0. The zero-order valence-corrected chi connectivity index (χ0v) is 17.8. The van der Waals surface area contributed by atoms with Gasteiger partial charge in [-0.2, -0.15) is 0 Å². The Hall–Kier alpha value is -2.34. The zero-order valence-electron chi connectivity index (χ0n) is 17.8. The third-order valence-electron chi connectivity index (χ3n) is 5.18. The quantitative estimate of drug-likeness (QED) is 0.394. The van der Waals surface area contributed by atoms with Crippen molar-refractivity contribution in [2.45, 2.75) is 55.4 Å². The molecule has 0 nitrogen and oxygen atoms in total. The Labute approximate surface area is 160 Å². The molecule has 0 radical (unpaired) electrons. The maximum atomic E-state index is 2.16. The molecule has 0 saturated heterocycles. The van der Waals surface area contributed by atoms with E-state index in [0.717, 1.165) is 0 Å². The van der Waals surface area contributed by atoms with E-state index in [1.54, 1.807) is 0 Å². The number of hydrogen-bond donors (Lipinski definition) is 0. The highest BCUT2D eigenvalue weighted by atomic mass is 14.0. The van der Waals surface area contributed by atoms with Gasteiger partial charge in [0.25, 0.3) is 0 Å². The lowest BCUT2D eigenvalue weighted by atomic mass is 10.1. The van der Waals surface area contributed by atoms with E-state index in [2.05, 4.69) is 116 Å². The van der Waals surface area contributed by atoms with Crippen molar-refractivity contribution >= 4 is 0 Å².